The van der Waals surface area contributed by atoms with E-state index in [0.717, 1.165) is 24.2 Å². The molecule has 5 nitrogen and oxygen atoms in total. The van der Waals surface area contributed by atoms with Crippen LogP contribution >= 0.6 is 11.3 Å². The topological polar surface area (TPSA) is 49.9 Å². The van der Waals surface area contributed by atoms with Gasteiger partial charge in [-0.1, -0.05) is 19.1 Å². The van der Waals surface area contributed by atoms with Crippen LogP contribution in [0.4, 0.5) is 0 Å². The maximum atomic E-state index is 13.1. The van der Waals surface area contributed by atoms with Crippen LogP contribution in [-0.2, 0) is 16.0 Å². The first-order chi connectivity index (χ1) is 13.0. The second-order valence-electron chi connectivity index (χ2n) is 6.75. The number of carbonyl (C=O) groups is 2. The van der Waals surface area contributed by atoms with E-state index in [9.17, 15) is 9.59 Å². The van der Waals surface area contributed by atoms with Gasteiger partial charge in [0.25, 0.3) is 0 Å². The molecule has 1 aromatic carbocycles. The van der Waals surface area contributed by atoms with E-state index in [4.69, 9.17) is 4.74 Å². The van der Waals surface area contributed by atoms with Gasteiger partial charge in [-0.05, 0) is 47.5 Å². The summed E-state index contributed by atoms with van der Waals surface area (Å²) in [4.78, 5) is 29.9. The maximum absolute atomic E-state index is 13.1. The lowest BCUT2D eigenvalue weighted by molar-refractivity contribution is -0.140. The van der Waals surface area contributed by atoms with E-state index in [1.807, 2.05) is 36.1 Å². The van der Waals surface area contributed by atoms with E-state index in [2.05, 4.69) is 11.4 Å². The Morgan fingerprint density at radius 3 is 2.63 bits per heavy atom. The third-order valence-corrected chi connectivity index (χ3v) is 5.98. The zero-order valence-electron chi connectivity index (χ0n) is 16.1. The number of ether oxygens (including phenoxy) is 1. The monoisotopic (exact) mass is 386 g/mol. The lowest BCUT2D eigenvalue weighted by atomic mass is 9.93. The van der Waals surface area contributed by atoms with Crippen LogP contribution in [0.5, 0.6) is 5.75 Å². The van der Waals surface area contributed by atoms with Gasteiger partial charge < -0.3 is 14.5 Å². The molecule has 0 spiro atoms. The van der Waals surface area contributed by atoms with Gasteiger partial charge in [-0.15, -0.1) is 11.3 Å². The molecule has 1 aliphatic rings. The number of thiophene rings is 1. The molecule has 3 rings (SSSR count). The fourth-order valence-electron chi connectivity index (χ4n) is 3.60. The molecule has 0 aliphatic carbocycles. The summed E-state index contributed by atoms with van der Waals surface area (Å²) < 4.78 is 5.27. The van der Waals surface area contributed by atoms with Gasteiger partial charge in [-0.25, -0.2) is 0 Å². The van der Waals surface area contributed by atoms with Gasteiger partial charge >= 0.3 is 0 Å². The second kappa shape index (κ2) is 8.57. The number of carbonyl (C=O) groups excluding carboxylic acids is 2. The molecule has 1 aromatic heterocycles. The predicted molar refractivity (Wildman–Crippen MR) is 107 cm³/mol. The number of methoxy groups -OCH3 is 1. The number of fused-ring (bicyclic) bond motifs is 1. The van der Waals surface area contributed by atoms with Gasteiger partial charge in [-0.2, -0.15) is 0 Å². The Morgan fingerprint density at radius 2 is 2.00 bits per heavy atom. The predicted octanol–water partition coefficient (Wildman–Crippen LogP) is 3.49. The van der Waals surface area contributed by atoms with Crippen molar-refractivity contribution in [2.45, 2.75) is 32.7 Å². The van der Waals surface area contributed by atoms with Gasteiger partial charge in [-0.3, -0.25) is 9.59 Å². The fourth-order valence-corrected chi connectivity index (χ4v) is 4.51. The summed E-state index contributed by atoms with van der Waals surface area (Å²) >= 11 is 1.74. The van der Waals surface area contributed by atoms with E-state index in [-0.39, 0.29) is 24.4 Å². The molecule has 2 amide bonds. The molecule has 1 atom stereocenters. The van der Waals surface area contributed by atoms with Crippen LogP contribution < -0.4 is 4.74 Å². The summed E-state index contributed by atoms with van der Waals surface area (Å²) in [5.74, 6) is 0.736. The number of rotatable bonds is 6. The Labute approximate surface area is 164 Å². The molecule has 0 radical (unpaired) electrons. The molecule has 144 valence electrons. The van der Waals surface area contributed by atoms with Crippen molar-refractivity contribution in [1.29, 1.82) is 0 Å². The highest BCUT2D eigenvalue weighted by atomic mass is 32.1. The van der Waals surface area contributed by atoms with Crippen molar-refractivity contribution >= 4 is 23.2 Å². The molecule has 0 saturated heterocycles. The smallest absolute Gasteiger partial charge is 0.242 e. The van der Waals surface area contributed by atoms with Crippen LogP contribution in [0.3, 0.4) is 0 Å². The number of amides is 2. The Hall–Kier alpha value is -2.34. The lowest BCUT2D eigenvalue weighted by Crippen LogP contribution is -2.46. The van der Waals surface area contributed by atoms with Crippen molar-refractivity contribution < 1.29 is 14.3 Å². The summed E-state index contributed by atoms with van der Waals surface area (Å²) in [7, 11) is 1.65. The SMILES string of the molecule is CCCN(CC(=O)N1CCc2sccc2[C@H]1c1ccc(OC)cc1)C(C)=O. The molecule has 0 fully saturated rings. The summed E-state index contributed by atoms with van der Waals surface area (Å²) in [6, 6.07) is 9.89. The largest absolute Gasteiger partial charge is 0.497 e. The van der Waals surface area contributed by atoms with Crippen LogP contribution in [0.1, 0.15) is 42.3 Å². The molecule has 0 unspecified atom stereocenters. The summed E-state index contributed by atoms with van der Waals surface area (Å²) in [5, 5.41) is 2.09. The molecule has 2 heterocycles. The molecule has 0 bridgehead atoms. The van der Waals surface area contributed by atoms with Crippen LogP contribution in [0.25, 0.3) is 0 Å². The molecular formula is C21H26N2O3S. The Kier molecular flexibility index (Phi) is 6.16. The zero-order chi connectivity index (χ0) is 19.4. The van der Waals surface area contributed by atoms with Gasteiger partial charge in [0, 0.05) is 24.9 Å². The first-order valence-corrected chi connectivity index (χ1v) is 10.2. The van der Waals surface area contributed by atoms with Crippen molar-refractivity contribution in [2.24, 2.45) is 0 Å². The van der Waals surface area contributed by atoms with Gasteiger partial charge in [0.05, 0.1) is 19.7 Å². The highest BCUT2D eigenvalue weighted by molar-refractivity contribution is 7.10. The minimum absolute atomic E-state index is 0.00341. The highest BCUT2D eigenvalue weighted by Crippen LogP contribution is 2.38. The van der Waals surface area contributed by atoms with Crippen LogP contribution in [-0.4, -0.2) is 48.4 Å². The molecule has 27 heavy (non-hydrogen) atoms. The first kappa shape index (κ1) is 19.4. The summed E-state index contributed by atoms with van der Waals surface area (Å²) in [5.41, 5.74) is 2.25. The van der Waals surface area contributed by atoms with E-state index >= 15 is 0 Å². The number of hydrogen-bond acceptors (Lipinski definition) is 4. The van der Waals surface area contributed by atoms with Crippen molar-refractivity contribution in [3.05, 3.63) is 51.7 Å². The molecular weight excluding hydrogens is 360 g/mol. The van der Waals surface area contributed by atoms with Crippen molar-refractivity contribution in [3.63, 3.8) is 0 Å². The molecule has 6 heteroatoms. The average molecular weight is 387 g/mol. The highest BCUT2D eigenvalue weighted by Gasteiger charge is 2.33. The molecule has 0 N–H and O–H groups in total. The molecule has 1 aliphatic heterocycles. The minimum atomic E-state index is -0.117. The summed E-state index contributed by atoms with van der Waals surface area (Å²) in [6.45, 7) is 4.94. The quantitative estimate of drug-likeness (QED) is 0.764. The number of nitrogens with zero attached hydrogens (tertiary/aromatic N) is 2. The van der Waals surface area contributed by atoms with E-state index in [1.54, 1.807) is 23.3 Å². The maximum Gasteiger partial charge on any atom is 0.242 e. The van der Waals surface area contributed by atoms with Crippen molar-refractivity contribution in [3.8, 4) is 5.75 Å². The third kappa shape index (κ3) is 4.16. The zero-order valence-corrected chi connectivity index (χ0v) is 16.9. The Morgan fingerprint density at radius 1 is 1.26 bits per heavy atom. The van der Waals surface area contributed by atoms with E-state index in [1.165, 1.54) is 17.4 Å². The minimum Gasteiger partial charge on any atom is -0.497 e. The summed E-state index contributed by atoms with van der Waals surface area (Å²) in [6.07, 6.45) is 1.70. The van der Waals surface area contributed by atoms with Crippen LogP contribution in [0.2, 0.25) is 0 Å². The van der Waals surface area contributed by atoms with Gasteiger partial charge in [0.1, 0.15) is 5.75 Å². The van der Waals surface area contributed by atoms with Gasteiger partial charge in [0.15, 0.2) is 0 Å². The average Bonchev–Trinajstić information content (AvgIpc) is 3.15. The van der Waals surface area contributed by atoms with E-state index in [0.29, 0.717) is 13.1 Å². The number of hydrogen-bond donors (Lipinski definition) is 0. The normalized spacial score (nSPS) is 16.0. The second-order valence-corrected chi connectivity index (χ2v) is 7.75. The Balaban J connectivity index is 1.90. The van der Waals surface area contributed by atoms with Crippen molar-refractivity contribution in [1.82, 2.24) is 9.80 Å². The lowest BCUT2D eigenvalue weighted by Gasteiger charge is -2.37. The molecule has 2 aromatic rings. The Bertz CT molecular complexity index is 800. The number of benzene rings is 1. The van der Waals surface area contributed by atoms with Crippen molar-refractivity contribution in [2.75, 3.05) is 26.7 Å². The third-order valence-electron chi connectivity index (χ3n) is 4.98. The standard InChI is InChI=1S/C21H26N2O3S/c1-4-11-22(15(2)24)14-20(25)23-12-9-19-18(10-13-27-19)21(23)16-5-7-17(26-3)8-6-16/h5-8,10,13,21H,4,9,11-12,14H2,1-3H3/t21-/m1/s1. The molecule has 0 saturated carbocycles. The first-order valence-electron chi connectivity index (χ1n) is 9.30. The van der Waals surface area contributed by atoms with E-state index < -0.39 is 0 Å². The van der Waals surface area contributed by atoms with Gasteiger partial charge in [0.2, 0.25) is 11.8 Å². The van der Waals surface area contributed by atoms with Crippen LogP contribution in [0, 0.1) is 0 Å². The van der Waals surface area contributed by atoms with Crippen LogP contribution in [0.15, 0.2) is 35.7 Å². The fraction of sp³-hybridized carbons (Fsp3) is 0.429.